The average molecular weight is 428 g/mol. The molecular weight excluding hydrogens is 396 g/mol. The third-order valence-electron chi connectivity index (χ3n) is 6.71. The molecule has 3 nitrogen and oxygen atoms in total. The number of hydrogen-bond acceptors (Lipinski definition) is 3. The first-order valence-corrected chi connectivity index (χ1v) is 11.4. The molecule has 0 heterocycles. The van der Waals surface area contributed by atoms with E-state index in [0.717, 1.165) is 69.8 Å². The van der Waals surface area contributed by atoms with Gasteiger partial charge in [-0.3, -0.25) is 4.79 Å². The van der Waals surface area contributed by atoms with Crippen molar-refractivity contribution in [1.82, 2.24) is 0 Å². The zero-order chi connectivity index (χ0) is 22.1. The van der Waals surface area contributed by atoms with E-state index in [0.29, 0.717) is 11.8 Å². The van der Waals surface area contributed by atoms with Crippen LogP contribution >= 0.6 is 0 Å². The second-order valence-electron chi connectivity index (χ2n) is 8.81. The zero-order valence-corrected chi connectivity index (χ0v) is 17.9. The van der Waals surface area contributed by atoms with Crippen LogP contribution in [-0.4, -0.2) is 12.1 Å². The fourth-order valence-corrected chi connectivity index (χ4v) is 4.81. The van der Waals surface area contributed by atoms with E-state index in [1.165, 1.54) is 24.3 Å². The maximum atomic E-state index is 13.1. The van der Waals surface area contributed by atoms with E-state index >= 15 is 0 Å². The molecule has 0 bridgehead atoms. The minimum atomic E-state index is -0.775. The number of allylic oxidation sites excluding steroid dienone is 4. The Hall–Kier alpha value is -2.48. The molecule has 3 rings (SSSR count). The summed E-state index contributed by atoms with van der Waals surface area (Å²) in [7, 11) is 0. The van der Waals surface area contributed by atoms with Gasteiger partial charge in [0.25, 0.3) is 0 Å². The molecule has 0 saturated heterocycles. The number of carbonyl (C=O) groups excluding carboxylic acids is 1. The lowest BCUT2D eigenvalue weighted by atomic mass is 9.78. The third-order valence-corrected chi connectivity index (χ3v) is 6.71. The molecule has 2 aliphatic rings. The molecule has 0 amide bonds. The largest absolute Gasteiger partial charge is 0.462 e. The van der Waals surface area contributed by atoms with Gasteiger partial charge in [0.15, 0.2) is 5.83 Å². The third kappa shape index (κ3) is 7.31. The van der Waals surface area contributed by atoms with E-state index in [4.69, 9.17) is 10.00 Å². The van der Waals surface area contributed by atoms with Crippen LogP contribution in [0.15, 0.2) is 48.3 Å². The van der Waals surface area contributed by atoms with Gasteiger partial charge >= 0.3 is 5.97 Å². The van der Waals surface area contributed by atoms with Crippen LogP contribution in [0.25, 0.3) is 0 Å². The summed E-state index contributed by atoms with van der Waals surface area (Å²) < 4.78 is 31.6. The summed E-state index contributed by atoms with van der Waals surface area (Å²) in [5.41, 5.74) is 1.16. The van der Waals surface area contributed by atoms with Crippen LogP contribution in [0.4, 0.5) is 8.78 Å². The van der Waals surface area contributed by atoms with Crippen LogP contribution in [0.5, 0.6) is 0 Å². The molecule has 2 saturated carbocycles. The van der Waals surface area contributed by atoms with E-state index in [2.05, 4.69) is 0 Å². The quantitative estimate of drug-likeness (QED) is 0.270. The van der Waals surface area contributed by atoms with Crippen LogP contribution in [0, 0.1) is 29.0 Å². The number of esters is 1. The highest BCUT2D eigenvalue weighted by molar-refractivity contribution is 5.72. The second kappa shape index (κ2) is 11.8. The predicted molar refractivity (Wildman–Crippen MR) is 116 cm³/mol. The highest BCUT2D eigenvalue weighted by Crippen LogP contribution is 2.37. The molecule has 0 radical (unpaired) electrons. The van der Waals surface area contributed by atoms with Gasteiger partial charge in [-0.25, -0.2) is 4.39 Å². The number of nitriles is 1. The molecule has 2 fully saturated rings. The molecule has 31 heavy (non-hydrogen) atoms. The number of halogens is 2. The molecule has 1 aromatic carbocycles. The number of benzene rings is 1. The average Bonchev–Trinajstić information content (AvgIpc) is 2.80. The molecule has 0 unspecified atom stereocenters. The first-order valence-electron chi connectivity index (χ1n) is 11.4. The lowest BCUT2D eigenvalue weighted by molar-refractivity contribution is -0.157. The normalized spacial score (nSPS) is 27.1. The van der Waals surface area contributed by atoms with Crippen LogP contribution in [0.2, 0.25) is 0 Å². The summed E-state index contributed by atoms with van der Waals surface area (Å²) in [4.78, 5) is 12.6. The van der Waals surface area contributed by atoms with Crippen LogP contribution in [0.1, 0.15) is 75.7 Å². The van der Waals surface area contributed by atoms with Crippen molar-refractivity contribution in [2.75, 3.05) is 0 Å². The van der Waals surface area contributed by atoms with Gasteiger partial charge in [0, 0.05) is 0 Å². The summed E-state index contributed by atoms with van der Waals surface area (Å²) in [6, 6.07) is 8.18. The van der Waals surface area contributed by atoms with Crippen LogP contribution < -0.4 is 0 Å². The molecule has 5 heteroatoms. The van der Waals surface area contributed by atoms with Crippen molar-refractivity contribution in [3.05, 3.63) is 59.7 Å². The number of rotatable bonds is 7. The number of carbonyl (C=O) groups is 1. The summed E-state index contributed by atoms with van der Waals surface area (Å²) in [6.07, 6.45) is 14.1. The Kier molecular flexibility index (Phi) is 8.82. The van der Waals surface area contributed by atoms with Gasteiger partial charge in [-0.1, -0.05) is 24.3 Å². The van der Waals surface area contributed by atoms with E-state index in [1.54, 1.807) is 6.08 Å². The number of ether oxygens (including phenoxy) is 1. The van der Waals surface area contributed by atoms with E-state index in [1.807, 2.05) is 18.2 Å². The van der Waals surface area contributed by atoms with Gasteiger partial charge in [-0.15, -0.1) is 0 Å². The van der Waals surface area contributed by atoms with Crippen molar-refractivity contribution >= 4 is 5.97 Å². The lowest BCUT2D eigenvalue weighted by Crippen LogP contribution is -2.29. The van der Waals surface area contributed by atoms with Crippen molar-refractivity contribution < 1.29 is 18.3 Å². The minimum Gasteiger partial charge on any atom is -0.462 e. The Labute approximate surface area is 183 Å². The van der Waals surface area contributed by atoms with Gasteiger partial charge in [0.2, 0.25) is 0 Å². The lowest BCUT2D eigenvalue weighted by Gasteiger charge is -2.31. The standard InChI is InChI=1S/C26H31F2NO2/c27-23-14-12-21(13-15-23)20-8-10-22(11-9-20)26(30)31-25-16-6-19(7-17-25)4-2-1-3-5-24(28)18-29/h1,3,5,12-15,19-20,22,25H,2,4,6-11,16-17H2/t19-,20-,22-,25-. The maximum absolute atomic E-state index is 13.1. The Morgan fingerprint density at radius 2 is 1.74 bits per heavy atom. The minimum absolute atomic E-state index is 0.0126. The number of hydrogen-bond donors (Lipinski definition) is 0. The summed E-state index contributed by atoms with van der Waals surface area (Å²) in [5, 5.41) is 8.36. The fourth-order valence-electron chi connectivity index (χ4n) is 4.81. The van der Waals surface area contributed by atoms with Crippen molar-refractivity contribution in [3.8, 4) is 6.07 Å². The smallest absolute Gasteiger partial charge is 0.309 e. The summed E-state index contributed by atoms with van der Waals surface area (Å²) >= 11 is 0. The maximum Gasteiger partial charge on any atom is 0.309 e. The molecule has 0 atom stereocenters. The van der Waals surface area contributed by atoms with Gasteiger partial charge in [0.05, 0.1) is 5.92 Å². The highest BCUT2D eigenvalue weighted by atomic mass is 19.1. The first kappa shape index (κ1) is 23.2. The van der Waals surface area contributed by atoms with Gasteiger partial charge < -0.3 is 4.74 Å². The highest BCUT2D eigenvalue weighted by Gasteiger charge is 2.31. The Balaban J connectivity index is 1.33. The van der Waals surface area contributed by atoms with E-state index in [9.17, 15) is 13.6 Å². The van der Waals surface area contributed by atoms with Crippen molar-refractivity contribution in [2.24, 2.45) is 11.8 Å². The first-order chi connectivity index (χ1) is 15.0. The second-order valence-corrected chi connectivity index (χ2v) is 8.81. The Bertz CT molecular complexity index is 809. The van der Waals surface area contributed by atoms with Crippen molar-refractivity contribution in [3.63, 3.8) is 0 Å². The molecule has 0 aromatic heterocycles. The van der Waals surface area contributed by atoms with Gasteiger partial charge in [-0.05, 0) is 99.8 Å². The molecule has 0 N–H and O–H groups in total. The molecule has 166 valence electrons. The SMILES string of the molecule is N#CC(F)=CC=CCC[C@H]1CC[C@H](OC(=O)[C@H]2CC[C@H](c3ccc(F)cc3)CC2)CC1. The molecule has 0 aliphatic heterocycles. The monoisotopic (exact) mass is 427 g/mol. The van der Waals surface area contributed by atoms with Crippen LogP contribution in [-0.2, 0) is 9.53 Å². The van der Waals surface area contributed by atoms with Crippen LogP contribution in [0.3, 0.4) is 0 Å². The fraction of sp³-hybridized carbons (Fsp3) is 0.538. The van der Waals surface area contributed by atoms with Crippen molar-refractivity contribution in [1.29, 1.82) is 5.26 Å². The molecule has 2 aliphatic carbocycles. The molecule has 1 aromatic rings. The zero-order valence-electron chi connectivity index (χ0n) is 17.9. The number of nitrogens with zero attached hydrogens (tertiary/aromatic N) is 1. The van der Waals surface area contributed by atoms with Crippen molar-refractivity contribution in [2.45, 2.75) is 76.2 Å². The van der Waals surface area contributed by atoms with E-state index in [-0.39, 0.29) is 23.8 Å². The Morgan fingerprint density at radius 3 is 2.39 bits per heavy atom. The van der Waals surface area contributed by atoms with E-state index < -0.39 is 5.83 Å². The molecular formula is C26H31F2NO2. The van der Waals surface area contributed by atoms with Gasteiger partial charge in [-0.2, -0.15) is 9.65 Å². The molecule has 0 spiro atoms. The summed E-state index contributed by atoms with van der Waals surface area (Å²) in [6.45, 7) is 0. The van der Waals surface area contributed by atoms with Gasteiger partial charge in [0.1, 0.15) is 18.0 Å². The topological polar surface area (TPSA) is 50.1 Å². The predicted octanol–water partition coefficient (Wildman–Crippen LogP) is 6.91. The Morgan fingerprint density at radius 1 is 1.06 bits per heavy atom. The summed E-state index contributed by atoms with van der Waals surface area (Å²) in [5.74, 6) is -0.0360.